The Balaban J connectivity index is 1.52. The molecule has 0 fully saturated rings. The van der Waals surface area contributed by atoms with E-state index >= 15 is 0 Å². The molecule has 7 nitrogen and oxygen atoms in total. The summed E-state index contributed by atoms with van der Waals surface area (Å²) in [7, 11) is 0. The van der Waals surface area contributed by atoms with E-state index in [1.807, 2.05) is 36.7 Å². The van der Waals surface area contributed by atoms with Crippen molar-refractivity contribution in [2.45, 2.75) is 20.5 Å². The number of nitrogens with zero attached hydrogens (tertiary/aromatic N) is 4. The summed E-state index contributed by atoms with van der Waals surface area (Å²) in [6.07, 6.45) is 1.72. The molecule has 4 aromatic rings. The fraction of sp³-hybridized carbons (Fsp3) is 0.130. The fourth-order valence-electron chi connectivity index (χ4n) is 3.23. The third-order valence-electron chi connectivity index (χ3n) is 4.90. The summed E-state index contributed by atoms with van der Waals surface area (Å²) in [4.78, 5) is 25.7. The molecule has 2 aromatic heterocycles. The molecular formula is C23H20BrN5O2. The minimum atomic E-state index is -0.387. The van der Waals surface area contributed by atoms with Crippen molar-refractivity contribution in [2.75, 3.05) is 5.32 Å². The van der Waals surface area contributed by atoms with E-state index < -0.39 is 0 Å². The summed E-state index contributed by atoms with van der Waals surface area (Å²) >= 11 is 3.51. The van der Waals surface area contributed by atoms with Crippen molar-refractivity contribution in [1.29, 1.82) is 0 Å². The molecule has 0 radical (unpaired) electrons. The Hall–Kier alpha value is -3.52. The van der Waals surface area contributed by atoms with Crippen LogP contribution in [0.1, 0.15) is 37.8 Å². The maximum atomic E-state index is 12.9. The summed E-state index contributed by atoms with van der Waals surface area (Å²) in [6.45, 7) is 4.26. The first-order chi connectivity index (χ1) is 14.9. The summed E-state index contributed by atoms with van der Waals surface area (Å²) < 4.78 is 4.40. The average Bonchev–Trinajstić information content (AvgIpc) is 3.35. The number of benzene rings is 2. The summed E-state index contributed by atoms with van der Waals surface area (Å²) in [5.74, 6) is -0.543. The van der Waals surface area contributed by atoms with Gasteiger partial charge in [0, 0.05) is 17.3 Å². The van der Waals surface area contributed by atoms with Gasteiger partial charge >= 0.3 is 0 Å². The second-order valence-electron chi connectivity index (χ2n) is 7.06. The molecule has 8 heteroatoms. The Labute approximate surface area is 187 Å². The molecule has 0 saturated heterocycles. The van der Waals surface area contributed by atoms with Crippen LogP contribution in [-0.4, -0.2) is 31.3 Å². The molecule has 31 heavy (non-hydrogen) atoms. The van der Waals surface area contributed by atoms with E-state index in [-0.39, 0.29) is 17.4 Å². The Morgan fingerprint density at radius 3 is 2.39 bits per heavy atom. The average molecular weight is 478 g/mol. The molecule has 0 unspecified atom stereocenters. The molecule has 0 aliphatic heterocycles. The number of halogens is 1. The summed E-state index contributed by atoms with van der Waals surface area (Å²) in [5.41, 5.74) is 3.55. The molecule has 0 spiro atoms. The van der Waals surface area contributed by atoms with Crippen molar-refractivity contribution in [1.82, 2.24) is 19.6 Å². The van der Waals surface area contributed by atoms with Gasteiger partial charge in [-0.25, -0.2) is 4.68 Å². The molecule has 156 valence electrons. The van der Waals surface area contributed by atoms with Crippen LogP contribution in [0, 0.1) is 13.8 Å². The number of nitrogens with one attached hydrogen (secondary N) is 1. The van der Waals surface area contributed by atoms with Crippen LogP contribution in [0.25, 0.3) is 0 Å². The van der Waals surface area contributed by atoms with Crippen LogP contribution in [-0.2, 0) is 6.67 Å². The van der Waals surface area contributed by atoms with E-state index in [0.717, 1.165) is 15.9 Å². The fourth-order valence-corrected chi connectivity index (χ4v) is 3.52. The van der Waals surface area contributed by atoms with Crippen molar-refractivity contribution in [2.24, 2.45) is 0 Å². The van der Waals surface area contributed by atoms with Gasteiger partial charge in [0.15, 0.2) is 11.5 Å². The van der Waals surface area contributed by atoms with Gasteiger partial charge in [-0.3, -0.25) is 14.3 Å². The van der Waals surface area contributed by atoms with Crippen LogP contribution in [0.4, 0.5) is 5.69 Å². The molecule has 1 amide bonds. The molecule has 0 aliphatic rings. The van der Waals surface area contributed by atoms with Gasteiger partial charge in [-0.1, -0.05) is 42.5 Å². The lowest BCUT2D eigenvalue weighted by atomic mass is 10.0. The first-order valence-electron chi connectivity index (χ1n) is 9.67. The molecule has 0 bridgehead atoms. The molecule has 4 rings (SSSR count). The normalized spacial score (nSPS) is 10.8. The Bertz CT molecular complexity index is 1260. The van der Waals surface area contributed by atoms with Gasteiger partial charge in [-0.2, -0.15) is 10.2 Å². The number of anilines is 1. The van der Waals surface area contributed by atoms with E-state index in [4.69, 9.17) is 0 Å². The van der Waals surface area contributed by atoms with Crippen molar-refractivity contribution < 1.29 is 9.59 Å². The van der Waals surface area contributed by atoms with Crippen LogP contribution < -0.4 is 5.32 Å². The number of rotatable bonds is 6. The van der Waals surface area contributed by atoms with E-state index in [1.54, 1.807) is 53.3 Å². The molecule has 2 aromatic carbocycles. The molecule has 2 heterocycles. The zero-order valence-corrected chi connectivity index (χ0v) is 18.6. The second kappa shape index (κ2) is 8.69. The molecule has 0 saturated carbocycles. The van der Waals surface area contributed by atoms with Crippen molar-refractivity contribution >= 4 is 33.3 Å². The van der Waals surface area contributed by atoms with Crippen molar-refractivity contribution in [3.8, 4) is 0 Å². The zero-order valence-electron chi connectivity index (χ0n) is 17.0. The summed E-state index contributed by atoms with van der Waals surface area (Å²) in [6, 6.07) is 17.6. The predicted octanol–water partition coefficient (Wildman–Crippen LogP) is 4.45. The number of para-hydroxylation sites is 1. The first-order valence-corrected chi connectivity index (χ1v) is 10.5. The van der Waals surface area contributed by atoms with Crippen molar-refractivity contribution in [3.63, 3.8) is 0 Å². The van der Waals surface area contributed by atoms with Crippen LogP contribution in [0.5, 0.6) is 0 Å². The van der Waals surface area contributed by atoms with Gasteiger partial charge in [0.2, 0.25) is 0 Å². The largest absolute Gasteiger partial charge is 0.320 e. The van der Waals surface area contributed by atoms with Crippen LogP contribution in [0.2, 0.25) is 0 Å². The lowest BCUT2D eigenvalue weighted by Gasteiger charge is -2.10. The lowest BCUT2D eigenvalue weighted by molar-refractivity contribution is 0.102. The van der Waals surface area contributed by atoms with E-state index in [2.05, 4.69) is 31.4 Å². The van der Waals surface area contributed by atoms with E-state index in [1.165, 1.54) is 0 Å². The number of aromatic nitrogens is 4. The minimum absolute atomic E-state index is 0.155. The highest BCUT2D eigenvalue weighted by Crippen LogP contribution is 2.21. The van der Waals surface area contributed by atoms with E-state index in [0.29, 0.717) is 23.5 Å². The lowest BCUT2D eigenvalue weighted by Crippen LogP contribution is -2.17. The van der Waals surface area contributed by atoms with Gasteiger partial charge in [0.05, 0.1) is 21.5 Å². The predicted molar refractivity (Wildman–Crippen MR) is 121 cm³/mol. The first kappa shape index (κ1) is 20.7. The second-order valence-corrected chi connectivity index (χ2v) is 7.85. The smallest absolute Gasteiger partial charge is 0.276 e. The highest BCUT2D eigenvalue weighted by atomic mass is 79.9. The van der Waals surface area contributed by atoms with E-state index in [9.17, 15) is 9.59 Å². The minimum Gasteiger partial charge on any atom is -0.320 e. The quantitative estimate of drug-likeness (QED) is 0.416. The monoisotopic (exact) mass is 477 g/mol. The SMILES string of the molecule is Cc1nn(Cn2ccc(C(=O)Nc3ccccc3C(=O)c3ccccc3)n2)c(C)c1Br. The third kappa shape index (κ3) is 4.34. The number of hydrogen-bond donors (Lipinski definition) is 1. The third-order valence-corrected chi connectivity index (χ3v) is 6.05. The Morgan fingerprint density at radius 1 is 0.968 bits per heavy atom. The van der Waals surface area contributed by atoms with Gasteiger partial charge in [-0.15, -0.1) is 0 Å². The van der Waals surface area contributed by atoms with Gasteiger partial charge < -0.3 is 5.32 Å². The number of hydrogen-bond acceptors (Lipinski definition) is 4. The maximum absolute atomic E-state index is 12.9. The number of ketones is 1. The van der Waals surface area contributed by atoms with Crippen molar-refractivity contribution in [3.05, 3.63) is 99.5 Å². The zero-order chi connectivity index (χ0) is 22.0. The maximum Gasteiger partial charge on any atom is 0.276 e. The number of carbonyl (C=O) groups is 2. The van der Waals surface area contributed by atoms with Gasteiger partial charge in [0.25, 0.3) is 5.91 Å². The van der Waals surface area contributed by atoms with Crippen LogP contribution in [0.15, 0.2) is 71.3 Å². The number of aryl methyl sites for hydroxylation is 1. The Kier molecular flexibility index (Phi) is 5.81. The number of amides is 1. The molecule has 1 N–H and O–H groups in total. The van der Waals surface area contributed by atoms with Gasteiger partial charge in [0.1, 0.15) is 6.67 Å². The molecule has 0 aliphatic carbocycles. The van der Waals surface area contributed by atoms with Gasteiger partial charge in [-0.05, 0) is 48.0 Å². The van der Waals surface area contributed by atoms with Crippen LogP contribution in [0.3, 0.4) is 0 Å². The molecular weight excluding hydrogens is 458 g/mol. The number of carbonyl (C=O) groups excluding carboxylic acids is 2. The highest BCUT2D eigenvalue weighted by molar-refractivity contribution is 9.10. The Morgan fingerprint density at radius 2 is 1.68 bits per heavy atom. The topological polar surface area (TPSA) is 81.8 Å². The standard InChI is InChI=1S/C23H20BrN5O2/c1-15-21(24)16(2)29(26-15)14-28-13-12-20(27-28)23(31)25-19-11-7-6-10-18(19)22(30)17-8-4-3-5-9-17/h3-13H,14H2,1-2H3,(H,25,31). The molecule has 0 atom stereocenters. The highest BCUT2D eigenvalue weighted by Gasteiger charge is 2.17. The summed E-state index contributed by atoms with van der Waals surface area (Å²) in [5, 5.41) is 11.6. The van der Waals surface area contributed by atoms with Crippen LogP contribution >= 0.6 is 15.9 Å².